The van der Waals surface area contributed by atoms with Crippen molar-refractivity contribution in [3.63, 3.8) is 0 Å². The van der Waals surface area contributed by atoms with Crippen molar-refractivity contribution < 1.29 is 28.6 Å². The van der Waals surface area contributed by atoms with Gasteiger partial charge < -0.3 is 14.2 Å². The maximum atomic E-state index is 12.8. The average molecular weight is 849 g/mol. The molecule has 0 radical (unpaired) electrons. The molecule has 0 aliphatic heterocycles. The van der Waals surface area contributed by atoms with E-state index in [9.17, 15) is 14.4 Å². The second kappa shape index (κ2) is 45.4. The molecule has 0 aromatic heterocycles. The van der Waals surface area contributed by atoms with E-state index in [0.29, 0.717) is 19.3 Å². The highest BCUT2D eigenvalue weighted by Gasteiger charge is 2.19. The molecule has 0 N–H and O–H groups in total. The van der Waals surface area contributed by atoms with Crippen LogP contribution < -0.4 is 0 Å². The molecule has 0 aliphatic carbocycles. The predicted molar refractivity (Wildman–Crippen MR) is 256 cm³/mol. The van der Waals surface area contributed by atoms with Gasteiger partial charge in [0, 0.05) is 19.3 Å². The molecule has 0 unspecified atom stereocenters. The standard InChI is InChI=1S/C54H104O6/c1-48(2)40-34-28-22-16-10-7-8-12-21-27-33-39-45-54(57)60-51(47-59-53(56)44-38-32-26-20-15-14-18-24-30-36-42-50(5)6)46-58-52(55)43-37-31-25-19-13-9-11-17-23-29-35-41-49(3)4/h48-51H,7-47H2,1-6H3/t51-/m0/s1. The molecule has 356 valence electrons. The third kappa shape index (κ3) is 47.5. The zero-order valence-electron chi connectivity index (χ0n) is 41.3. The summed E-state index contributed by atoms with van der Waals surface area (Å²) in [7, 11) is 0. The number of rotatable bonds is 47. The van der Waals surface area contributed by atoms with Crippen LogP contribution in [0.3, 0.4) is 0 Å². The van der Waals surface area contributed by atoms with Gasteiger partial charge in [0.1, 0.15) is 13.2 Å². The van der Waals surface area contributed by atoms with Crippen molar-refractivity contribution in [1.82, 2.24) is 0 Å². The fourth-order valence-corrected chi connectivity index (χ4v) is 8.12. The number of unbranched alkanes of at least 4 members (excludes halogenated alkanes) is 30. The van der Waals surface area contributed by atoms with Crippen LogP contribution in [0.15, 0.2) is 0 Å². The lowest BCUT2D eigenvalue weighted by atomic mass is 10.0. The highest BCUT2D eigenvalue weighted by Crippen LogP contribution is 2.18. The van der Waals surface area contributed by atoms with Crippen molar-refractivity contribution in [3.8, 4) is 0 Å². The molecule has 0 aromatic rings. The molecule has 0 aliphatic rings. The largest absolute Gasteiger partial charge is 0.462 e. The minimum absolute atomic E-state index is 0.0645. The van der Waals surface area contributed by atoms with E-state index in [1.54, 1.807) is 0 Å². The second-order valence-electron chi connectivity index (χ2n) is 19.9. The molecule has 60 heavy (non-hydrogen) atoms. The Kier molecular flexibility index (Phi) is 44.2. The number of carbonyl (C=O) groups is 3. The molecule has 0 saturated carbocycles. The van der Waals surface area contributed by atoms with Gasteiger partial charge in [-0.1, -0.05) is 253 Å². The fourth-order valence-electron chi connectivity index (χ4n) is 8.12. The lowest BCUT2D eigenvalue weighted by Gasteiger charge is -2.18. The van der Waals surface area contributed by atoms with Crippen molar-refractivity contribution in [2.75, 3.05) is 13.2 Å². The van der Waals surface area contributed by atoms with E-state index < -0.39 is 6.10 Å². The molecule has 6 heteroatoms. The van der Waals surface area contributed by atoms with Crippen molar-refractivity contribution in [2.24, 2.45) is 17.8 Å². The molecular weight excluding hydrogens is 745 g/mol. The first-order valence-corrected chi connectivity index (χ1v) is 26.6. The van der Waals surface area contributed by atoms with Gasteiger partial charge in [-0.3, -0.25) is 14.4 Å². The summed E-state index contributed by atoms with van der Waals surface area (Å²) in [5.41, 5.74) is 0. The summed E-state index contributed by atoms with van der Waals surface area (Å²) in [6, 6.07) is 0. The first-order valence-electron chi connectivity index (χ1n) is 26.6. The van der Waals surface area contributed by atoms with E-state index in [-0.39, 0.29) is 31.1 Å². The van der Waals surface area contributed by atoms with Crippen LogP contribution in [-0.2, 0) is 28.6 Å². The lowest BCUT2D eigenvalue weighted by Crippen LogP contribution is -2.30. The first-order chi connectivity index (χ1) is 29.1. The Labute approximate surface area is 374 Å². The van der Waals surface area contributed by atoms with Crippen LogP contribution in [0.4, 0.5) is 0 Å². The Balaban J connectivity index is 4.33. The van der Waals surface area contributed by atoms with Crippen molar-refractivity contribution in [2.45, 2.75) is 298 Å². The van der Waals surface area contributed by atoms with Gasteiger partial charge in [-0.15, -0.1) is 0 Å². The SMILES string of the molecule is CC(C)CCCCCCCCCCCCCCC(=O)O[C@@H](COC(=O)CCCCCCCCCCCCCC(C)C)COC(=O)CCCCCCCCCCCCC(C)C. The Morgan fingerprint density at radius 2 is 0.483 bits per heavy atom. The van der Waals surface area contributed by atoms with Crippen LogP contribution >= 0.6 is 0 Å². The summed E-state index contributed by atoms with van der Waals surface area (Å²) in [6.45, 7) is 13.7. The summed E-state index contributed by atoms with van der Waals surface area (Å²) in [6.07, 6.45) is 45.2. The van der Waals surface area contributed by atoms with Gasteiger partial charge in [0.25, 0.3) is 0 Å². The van der Waals surface area contributed by atoms with Gasteiger partial charge in [0.15, 0.2) is 6.10 Å². The summed E-state index contributed by atoms with van der Waals surface area (Å²) >= 11 is 0. The topological polar surface area (TPSA) is 78.9 Å². The van der Waals surface area contributed by atoms with Crippen LogP contribution in [0.1, 0.15) is 292 Å². The monoisotopic (exact) mass is 849 g/mol. The number of hydrogen-bond donors (Lipinski definition) is 0. The highest BCUT2D eigenvalue weighted by atomic mass is 16.6. The third-order valence-corrected chi connectivity index (χ3v) is 12.1. The van der Waals surface area contributed by atoms with Crippen molar-refractivity contribution in [3.05, 3.63) is 0 Å². The Hall–Kier alpha value is -1.59. The van der Waals surface area contributed by atoms with E-state index in [0.717, 1.165) is 75.5 Å². The van der Waals surface area contributed by atoms with Crippen LogP contribution in [-0.4, -0.2) is 37.2 Å². The summed E-state index contributed by atoms with van der Waals surface area (Å²) < 4.78 is 16.8. The third-order valence-electron chi connectivity index (χ3n) is 12.1. The lowest BCUT2D eigenvalue weighted by molar-refractivity contribution is -0.167. The van der Waals surface area contributed by atoms with Crippen LogP contribution in [0, 0.1) is 17.8 Å². The molecule has 1 atom stereocenters. The zero-order chi connectivity index (χ0) is 44.2. The van der Waals surface area contributed by atoms with Gasteiger partial charge in [-0.25, -0.2) is 0 Å². The minimum atomic E-state index is -0.763. The molecule has 0 bridgehead atoms. The number of ether oxygens (including phenoxy) is 3. The highest BCUT2D eigenvalue weighted by molar-refractivity contribution is 5.71. The fraction of sp³-hybridized carbons (Fsp3) is 0.944. The zero-order valence-corrected chi connectivity index (χ0v) is 41.3. The minimum Gasteiger partial charge on any atom is -0.462 e. The molecule has 0 spiro atoms. The van der Waals surface area contributed by atoms with Gasteiger partial charge in [-0.2, -0.15) is 0 Å². The Morgan fingerprint density at radius 3 is 0.717 bits per heavy atom. The van der Waals surface area contributed by atoms with E-state index in [1.807, 2.05) is 0 Å². The van der Waals surface area contributed by atoms with E-state index in [2.05, 4.69) is 41.5 Å². The molecule has 0 fully saturated rings. The second-order valence-corrected chi connectivity index (χ2v) is 19.9. The van der Waals surface area contributed by atoms with Gasteiger partial charge in [0.05, 0.1) is 0 Å². The molecule has 0 heterocycles. The molecule has 0 amide bonds. The maximum Gasteiger partial charge on any atom is 0.306 e. The average Bonchev–Trinajstić information content (AvgIpc) is 3.20. The van der Waals surface area contributed by atoms with Crippen LogP contribution in [0.5, 0.6) is 0 Å². The number of carbonyl (C=O) groups excluding carboxylic acids is 3. The van der Waals surface area contributed by atoms with Gasteiger partial charge >= 0.3 is 17.9 Å². The summed E-state index contributed by atoms with van der Waals surface area (Å²) in [4.78, 5) is 38.0. The maximum absolute atomic E-state index is 12.8. The van der Waals surface area contributed by atoms with E-state index in [1.165, 1.54) is 173 Å². The smallest absolute Gasteiger partial charge is 0.306 e. The predicted octanol–water partition coefficient (Wildman–Crippen LogP) is 17.2. The van der Waals surface area contributed by atoms with Crippen molar-refractivity contribution in [1.29, 1.82) is 0 Å². The van der Waals surface area contributed by atoms with Crippen molar-refractivity contribution >= 4 is 17.9 Å². The van der Waals surface area contributed by atoms with E-state index in [4.69, 9.17) is 14.2 Å². The van der Waals surface area contributed by atoms with Crippen LogP contribution in [0.25, 0.3) is 0 Å². The molecule has 0 aromatic carbocycles. The normalized spacial score (nSPS) is 12.2. The summed E-state index contributed by atoms with van der Waals surface area (Å²) in [5, 5.41) is 0. The molecule has 0 saturated heterocycles. The quantitative estimate of drug-likeness (QED) is 0.0345. The first kappa shape index (κ1) is 58.4. The number of esters is 3. The Bertz CT molecular complexity index is 929. The molecular formula is C54H104O6. The number of hydrogen-bond acceptors (Lipinski definition) is 6. The molecule has 6 nitrogen and oxygen atoms in total. The molecule has 0 rings (SSSR count). The van der Waals surface area contributed by atoms with Gasteiger partial charge in [0.2, 0.25) is 0 Å². The summed E-state index contributed by atoms with van der Waals surface area (Å²) in [5.74, 6) is 1.63. The Morgan fingerprint density at radius 1 is 0.283 bits per heavy atom. The van der Waals surface area contributed by atoms with Gasteiger partial charge in [-0.05, 0) is 37.0 Å². The van der Waals surface area contributed by atoms with E-state index >= 15 is 0 Å². The van der Waals surface area contributed by atoms with Crippen LogP contribution in [0.2, 0.25) is 0 Å².